The summed E-state index contributed by atoms with van der Waals surface area (Å²) >= 11 is 0. The van der Waals surface area contributed by atoms with Crippen LogP contribution in [-0.2, 0) is 9.47 Å². The molecule has 0 fully saturated rings. The Kier molecular flexibility index (Phi) is 7.87. The number of hydrogen-bond acceptors (Lipinski definition) is 7. The summed E-state index contributed by atoms with van der Waals surface area (Å²) in [7, 11) is 2.66. The van der Waals surface area contributed by atoms with Gasteiger partial charge in [-0.25, -0.2) is 9.59 Å². The molecule has 4 rings (SSSR count). The average Bonchev–Trinajstić information content (AvgIpc) is 3.24. The van der Waals surface area contributed by atoms with Crippen LogP contribution in [-0.4, -0.2) is 55.8 Å². The smallest absolute Gasteiger partial charge is 0.407 e. The molecule has 3 N–H and O–H groups in total. The largest absolute Gasteiger partial charge is 0.496 e. The number of carbonyl (C=O) groups excluding carboxylic acids is 2. The molecular formula is C28H29NO7. The van der Waals surface area contributed by atoms with E-state index >= 15 is 0 Å². The van der Waals surface area contributed by atoms with E-state index in [1.54, 1.807) is 0 Å². The van der Waals surface area contributed by atoms with Gasteiger partial charge in [0.25, 0.3) is 0 Å². The lowest BCUT2D eigenvalue weighted by Gasteiger charge is -2.20. The van der Waals surface area contributed by atoms with E-state index in [1.807, 2.05) is 36.4 Å². The number of alkyl carbamates (subject to hydrolysis) is 1. The molecule has 2 atom stereocenters. The van der Waals surface area contributed by atoms with E-state index in [1.165, 1.54) is 32.4 Å². The third-order valence-electron chi connectivity index (χ3n) is 6.39. The fourth-order valence-electron chi connectivity index (χ4n) is 4.52. The Morgan fingerprint density at radius 1 is 0.944 bits per heavy atom. The zero-order valence-electron chi connectivity index (χ0n) is 20.1. The molecule has 0 aliphatic heterocycles. The van der Waals surface area contributed by atoms with Gasteiger partial charge in [0.05, 0.1) is 20.3 Å². The van der Waals surface area contributed by atoms with E-state index in [0.717, 1.165) is 22.3 Å². The summed E-state index contributed by atoms with van der Waals surface area (Å²) in [4.78, 5) is 24.1. The summed E-state index contributed by atoms with van der Waals surface area (Å²) in [6.45, 7) is 0.295. The Labute approximate surface area is 209 Å². The Bertz CT molecular complexity index is 1200. The lowest BCUT2D eigenvalue weighted by molar-refractivity contribution is 0.0135. The number of aliphatic hydroxyl groups excluding tert-OH is 2. The van der Waals surface area contributed by atoms with Crippen molar-refractivity contribution in [2.24, 2.45) is 0 Å². The molecule has 3 aromatic rings. The summed E-state index contributed by atoms with van der Waals surface area (Å²) in [5.74, 6) is -0.387. The summed E-state index contributed by atoms with van der Waals surface area (Å²) in [6, 6.07) is 20.6. The van der Waals surface area contributed by atoms with Crippen molar-refractivity contribution in [2.45, 2.75) is 24.5 Å². The summed E-state index contributed by atoms with van der Waals surface area (Å²) in [5.41, 5.74) is 5.12. The standard InChI is InChI=1S/C28H29NO7/c1-34-25-15-17(11-12-22(25)27(32)35-2)26(31)24(30)13-14-29-28(33)36-16-23-20-9-5-3-7-18(20)19-8-4-6-10-21(19)23/h3-12,15,23-24,26,30-31H,13-14,16H2,1-2H3,(H,29,33). The summed E-state index contributed by atoms with van der Waals surface area (Å²) < 4.78 is 15.4. The number of benzene rings is 3. The molecule has 8 nitrogen and oxygen atoms in total. The van der Waals surface area contributed by atoms with Crippen LogP contribution in [0.25, 0.3) is 11.1 Å². The topological polar surface area (TPSA) is 114 Å². The third-order valence-corrected chi connectivity index (χ3v) is 6.39. The molecule has 1 aliphatic rings. The van der Waals surface area contributed by atoms with Gasteiger partial charge in [-0.2, -0.15) is 0 Å². The van der Waals surface area contributed by atoms with Crippen LogP contribution in [0.3, 0.4) is 0 Å². The maximum atomic E-state index is 12.3. The van der Waals surface area contributed by atoms with Gasteiger partial charge in [-0.05, 0) is 46.4 Å². The lowest BCUT2D eigenvalue weighted by Crippen LogP contribution is -2.30. The van der Waals surface area contributed by atoms with Gasteiger partial charge in [-0.15, -0.1) is 0 Å². The number of methoxy groups -OCH3 is 2. The quantitative estimate of drug-likeness (QED) is 0.390. The van der Waals surface area contributed by atoms with E-state index in [-0.39, 0.29) is 36.8 Å². The highest BCUT2D eigenvalue weighted by atomic mass is 16.5. The van der Waals surface area contributed by atoms with Crippen molar-refractivity contribution in [1.29, 1.82) is 0 Å². The molecule has 0 radical (unpaired) electrons. The molecule has 2 unspecified atom stereocenters. The molecule has 0 bridgehead atoms. The van der Waals surface area contributed by atoms with Gasteiger partial charge in [0, 0.05) is 12.5 Å². The van der Waals surface area contributed by atoms with Crippen LogP contribution in [0.5, 0.6) is 5.75 Å². The maximum Gasteiger partial charge on any atom is 0.407 e. The van der Waals surface area contributed by atoms with E-state index in [9.17, 15) is 19.8 Å². The van der Waals surface area contributed by atoms with Crippen LogP contribution < -0.4 is 10.1 Å². The first-order valence-electron chi connectivity index (χ1n) is 11.7. The highest BCUT2D eigenvalue weighted by Crippen LogP contribution is 2.44. The van der Waals surface area contributed by atoms with Crippen LogP contribution in [0, 0.1) is 0 Å². The van der Waals surface area contributed by atoms with Gasteiger partial charge in [0.2, 0.25) is 0 Å². The van der Waals surface area contributed by atoms with E-state index in [2.05, 4.69) is 17.4 Å². The molecule has 0 spiro atoms. The molecule has 188 valence electrons. The van der Waals surface area contributed by atoms with Gasteiger partial charge in [0.15, 0.2) is 0 Å². The van der Waals surface area contributed by atoms with Gasteiger partial charge in [-0.3, -0.25) is 0 Å². The highest BCUT2D eigenvalue weighted by Gasteiger charge is 2.29. The minimum atomic E-state index is -1.24. The van der Waals surface area contributed by atoms with Crippen molar-refractivity contribution < 1.29 is 34.0 Å². The van der Waals surface area contributed by atoms with E-state index < -0.39 is 24.3 Å². The predicted octanol–water partition coefficient (Wildman–Crippen LogP) is 3.80. The number of nitrogens with one attached hydrogen (secondary N) is 1. The van der Waals surface area contributed by atoms with Crippen molar-refractivity contribution in [3.05, 3.63) is 89.0 Å². The van der Waals surface area contributed by atoms with Crippen molar-refractivity contribution >= 4 is 12.1 Å². The zero-order valence-corrected chi connectivity index (χ0v) is 20.1. The Morgan fingerprint density at radius 2 is 1.58 bits per heavy atom. The van der Waals surface area contributed by atoms with Gasteiger partial charge < -0.3 is 29.7 Å². The number of carbonyl (C=O) groups is 2. The van der Waals surface area contributed by atoms with E-state index in [0.29, 0.717) is 5.56 Å². The summed E-state index contributed by atoms with van der Waals surface area (Å²) in [5, 5.41) is 23.6. The van der Waals surface area contributed by atoms with Crippen LogP contribution >= 0.6 is 0 Å². The molecule has 1 aliphatic carbocycles. The minimum Gasteiger partial charge on any atom is -0.496 e. The number of ether oxygens (including phenoxy) is 3. The summed E-state index contributed by atoms with van der Waals surface area (Å²) in [6.07, 6.45) is -2.91. The highest BCUT2D eigenvalue weighted by molar-refractivity contribution is 5.92. The molecule has 0 aromatic heterocycles. The fourth-order valence-corrected chi connectivity index (χ4v) is 4.52. The van der Waals surface area contributed by atoms with Crippen LogP contribution in [0.4, 0.5) is 4.79 Å². The third kappa shape index (κ3) is 5.19. The number of aliphatic hydroxyl groups is 2. The maximum absolute atomic E-state index is 12.3. The molecule has 3 aromatic carbocycles. The van der Waals surface area contributed by atoms with Gasteiger partial charge in [-0.1, -0.05) is 54.6 Å². The molecule has 36 heavy (non-hydrogen) atoms. The second-order valence-corrected chi connectivity index (χ2v) is 8.50. The number of amides is 1. The second kappa shape index (κ2) is 11.2. The molecule has 0 saturated carbocycles. The first-order chi connectivity index (χ1) is 17.4. The number of rotatable bonds is 9. The number of esters is 1. The normalized spacial score (nSPS) is 13.8. The first kappa shape index (κ1) is 25.2. The second-order valence-electron chi connectivity index (χ2n) is 8.50. The molecular weight excluding hydrogens is 462 g/mol. The van der Waals surface area contributed by atoms with Crippen LogP contribution in [0.1, 0.15) is 45.5 Å². The van der Waals surface area contributed by atoms with Gasteiger partial charge >= 0.3 is 12.1 Å². The monoisotopic (exact) mass is 491 g/mol. The predicted molar refractivity (Wildman–Crippen MR) is 133 cm³/mol. The molecule has 0 saturated heterocycles. The molecule has 1 amide bonds. The van der Waals surface area contributed by atoms with Crippen molar-refractivity contribution in [1.82, 2.24) is 5.32 Å². The SMILES string of the molecule is COC(=O)c1ccc(C(O)C(O)CCNC(=O)OCC2c3ccccc3-c3ccccc32)cc1OC. The van der Waals surface area contributed by atoms with Crippen molar-refractivity contribution in [2.75, 3.05) is 27.4 Å². The van der Waals surface area contributed by atoms with Crippen molar-refractivity contribution in [3.8, 4) is 16.9 Å². The Morgan fingerprint density at radius 3 is 2.19 bits per heavy atom. The lowest BCUT2D eigenvalue weighted by atomic mass is 9.98. The molecule has 8 heteroatoms. The van der Waals surface area contributed by atoms with Crippen molar-refractivity contribution in [3.63, 3.8) is 0 Å². The van der Waals surface area contributed by atoms with Gasteiger partial charge in [0.1, 0.15) is 24.0 Å². The molecule has 0 heterocycles. The van der Waals surface area contributed by atoms with E-state index in [4.69, 9.17) is 14.2 Å². The Balaban J connectivity index is 1.29. The zero-order chi connectivity index (χ0) is 25.7. The number of fused-ring (bicyclic) bond motifs is 3. The fraction of sp³-hybridized carbons (Fsp3) is 0.286. The first-order valence-corrected chi connectivity index (χ1v) is 11.7. The minimum absolute atomic E-state index is 0.0431. The number of hydrogen-bond donors (Lipinski definition) is 3. The average molecular weight is 492 g/mol. The van der Waals surface area contributed by atoms with Crippen LogP contribution in [0.15, 0.2) is 66.7 Å². The Hall–Kier alpha value is -3.88. The van der Waals surface area contributed by atoms with Crippen LogP contribution in [0.2, 0.25) is 0 Å².